The van der Waals surface area contributed by atoms with Crippen LogP contribution in [0, 0.1) is 0 Å². The van der Waals surface area contributed by atoms with Gasteiger partial charge in [0, 0.05) is 24.7 Å². The van der Waals surface area contributed by atoms with E-state index < -0.39 is 0 Å². The van der Waals surface area contributed by atoms with Crippen LogP contribution in [0.15, 0.2) is 54.6 Å². The van der Waals surface area contributed by atoms with Crippen molar-refractivity contribution in [2.24, 2.45) is 0 Å². The van der Waals surface area contributed by atoms with Gasteiger partial charge in [-0.2, -0.15) is 0 Å². The van der Waals surface area contributed by atoms with Crippen LogP contribution in [0.5, 0.6) is 11.5 Å². The monoisotopic (exact) mass is 382 g/mol. The topological polar surface area (TPSA) is 67.9 Å². The minimum Gasteiger partial charge on any atom is -0.490 e. The van der Waals surface area contributed by atoms with Gasteiger partial charge < -0.3 is 19.7 Å². The number of nitrogens with zero attached hydrogens (tertiary/aromatic N) is 1. The Balaban J connectivity index is 1.44. The van der Waals surface area contributed by atoms with Crippen molar-refractivity contribution in [3.8, 4) is 11.5 Å². The molecule has 2 amide bonds. The third-order valence-electron chi connectivity index (χ3n) is 4.72. The molecule has 1 heterocycles. The highest BCUT2D eigenvalue weighted by atomic mass is 16.5. The largest absolute Gasteiger partial charge is 0.490 e. The molecule has 148 valence electrons. The third-order valence-corrected chi connectivity index (χ3v) is 4.72. The van der Waals surface area contributed by atoms with Gasteiger partial charge in [0.15, 0.2) is 18.1 Å². The Hall–Kier alpha value is -3.02. The molecule has 2 aromatic rings. The van der Waals surface area contributed by atoms with E-state index in [1.54, 1.807) is 23.1 Å². The van der Waals surface area contributed by atoms with Crippen molar-refractivity contribution >= 4 is 11.8 Å². The van der Waals surface area contributed by atoms with Crippen LogP contribution in [-0.2, 0) is 4.79 Å². The summed E-state index contributed by atoms with van der Waals surface area (Å²) in [6.07, 6.45) is 1.47. The molecule has 0 radical (unpaired) electrons. The van der Waals surface area contributed by atoms with Crippen LogP contribution in [0.4, 0.5) is 0 Å². The van der Waals surface area contributed by atoms with Crippen LogP contribution in [0.1, 0.15) is 30.1 Å². The number of carbonyl (C=O) groups is 2. The molecule has 28 heavy (non-hydrogen) atoms. The molecular weight excluding hydrogens is 356 g/mol. The average molecular weight is 382 g/mol. The normalized spacial score (nSPS) is 14.4. The van der Waals surface area contributed by atoms with Crippen molar-refractivity contribution in [1.82, 2.24) is 10.2 Å². The van der Waals surface area contributed by atoms with E-state index in [9.17, 15) is 9.59 Å². The summed E-state index contributed by atoms with van der Waals surface area (Å²) in [6.45, 7) is 3.63. The maximum Gasteiger partial charge on any atom is 0.260 e. The van der Waals surface area contributed by atoms with Gasteiger partial charge in [-0.25, -0.2) is 0 Å². The molecule has 0 atom stereocenters. The van der Waals surface area contributed by atoms with E-state index in [0.717, 1.165) is 12.8 Å². The first-order valence-corrected chi connectivity index (χ1v) is 9.65. The minimum absolute atomic E-state index is 0.0227. The second-order valence-corrected chi connectivity index (χ2v) is 6.66. The summed E-state index contributed by atoms with van der Waals surface area (Å²) >= 11 is 0. The number of amides is 2. The number of para-hydroxylation sites is 2. The Bertz CT molecular complexity index is 786. The van der Waals surface area contributed by atoms with Gasteiger partial charge in [-0.15, -0.1) is 0 Å². The van der Waals surface area contributed by atoms with Crippen LogP contribution in [-0.4, -0.2) is 49.1 Å². The fourth-order valence-corrected chi connectivity index (χ4v) is 3.21. The van der Waals surface area contributed by atoms with Crippen molar-refractivity contribution in [1.29, 1.82) is 0 Å². The smallest absolute Gasteiger partial charge is 0.260 e. The van der Waals surface area contributed by atoms with Crippen LogP contribution >= 0.6 is 0 Å². The van der Waals surface area contributed by atoms with Crippen molar-refractivity contribution in [2.45, 2.75) is 25.8 Å². The molecule has 1 saturated heterocycles. The van der Waals surface area contributed by atoms with E-state index in [1.165, 1.54) is 0 Å². The molecule has 2 aromatic carbocycles. The lowest BCUT2D eigenvalue weighted by molar-refractivity contribution is -0.134. The van der Waals surface area contributed by atoms with Crippen molar-refractivity contribution < 1.29 is 19.1 Å². The Labute approximate surface area is 165 Å². The zero-order valence-corrected chi connectivity index (χ0v) is 16.1. The molecule has 0 unspecified atom stereocenters. The molecular formula is C22H26N2O4. The molecule has 0 aromatic heterocycles. The summed E-state index contributed by atoms with van der Waals surface area (Å²) in [5.74, 6) is 1.09. The van der Waals surface area contributed by atoms with Crippen LogP contribution in [0.3, 0.4) is 0 Å². The molecule has 3 rings (SSSR count). The summed E-state index contributed by atoms with van der Waals surface area (Å²) < 4.78 is 11.2. The Morgan fingerprint density at radius 2 is 1.57 bits per heavy atom. The summed E-state index contributed by atoms with van der Waals surface area (Å²) in [6, 6.07) is 16.6. The minimum atomic E-state index is -0.0683. The van der Waals surface area contributed by atoms with E-state index in [0.29, 0.717) is 36.8 Å². The molecule has 0 spiro atoms. The standard InChI is InChI=1S/C22H26N2O4/c1-2-27-19-10-6-7-11-20(19)28-16-21(25)24-14-12-18(13-15-24)23-22(26)17-8-4-3-5-9-17/h3-11,18H,2,12-16H2,1H3,(H,23,26). The fraction of sp³-hybridized carbons (Fsp3) is 0.364. The van der Waals surface area contributed by atoms with Crippen molar-refractivity contribution in [3.63, 3.8) is 0 Å². The molecule has 0 bridgehead atoms. The zero-order valence-electron chi connectivity index (χ0n) is 16.1. The van der Waals surface area contributed by atoms with Gasteiger partial charge in [-0.05, 0) is 44.0 Å². The van der Waals surface area contributed by atoms with Gasteiger partial charge in [-0.3, -0.25) is 9.59 Å². The molecule has 1 aliphatic heterocycles. The summed E-state index contributed by atoms with van der Waals surface area (Å²) in [4.78, 5) is 26.5. The van der Waals surface area contributed by atoms with E-state index in [-0.39, 0.29) is 24.5 Å². The first-order chi connectivity index (χ1) is 13.7. The number of nitrogens with one attached hydrogen (secondary N) is 1. The SMILES string of the molecule is CCOc1ccccc1OCC(=O)N1CCC(NC(=O)c2ccccc2)CC1. The lowest BCUT2D eigenvalue weighted by Gasteiger charge is -2.32. The highest BCUT2D eigenvalue weighted by Crippen LogP contribution is 2.26. The third kappa shape index (κ3) is 5.25. The van der Waals surface area contributed by atoms with Crippen molar-refractivity contribution in [3.05, 3.63) is 60.2 Å². The predicted molar refractivity (Wildman–Crippen MR) is 107 cm³/mol. The highest BCUT2D eigenvalue weighted by molar-refractivity contribution is 5.94. The average Bonchev–Trinajstić information content (AvgIpc) is 2.74. The fourth-order valence-electron chi connectivity index (χ4n) is 3.21. The molecule has 1 aliphatic rings. The molecule has 0 aliphatic carbocycles. The summed E-state index contributed by atoms with van der Waals surface area (Å²) in [5, 5.41) is 3.05. The van der Waals surface area contributed by atoms with Gasteiger partial charge in [-0.1, -0.05) is 30.3 Å². The van der Waals surface area contributed by atoms with Crippen molar-refractivity contribution in [2.75, 3.05) is 26.3 Å². The number of benzene rings is 2. The highest BCUT2D eigenvalue weighted by Gasteiger charge is 2.24. The van der Waals surface area contributed by atoms with E-state index in [1.807, 2.05) is 43.3 Å². The lowest BCUT2D eigenvalue weighted by atomic mass is 10.0. The number of ether oxygens (including phenoxy) is 2. The Morgan fingerprint density at radius 1 is 0.964 bits per heavy atom. The number of rotatable bonds is 7. The first kappa shape index (κ1) is 19.7. The van der Waals surface area contributed by atoms with Crippen LogP contribution in [0.25, 0.3) is 0 Å². The van der Waals surface area contributed by atoms with Gasteiger partial charge in [0.1, 0.15) is 0 Å². The second kappa shape index (κ2) is 9.78. The number of hydrogen-bond acceptors (Lipinski definition) is 4. The maximum atomic E-state index is 12.5. The summed E-state index contributed by atoms with van der Waals surface area (Å²) in [5.41, 5.74) is 0.655. The molecule has 6 heteroatoms. The van der Waals surface area contributed by atoms with Gasteiger partial charge >= 0.3 is 0 Å². The van der Waals surface area contributed by atoms with Gasteiger partial charge in [0.05, 0.1) is 6.61 Å². The molecule has 0 saturated carbocycles. The lowest BCUT2D eigenvalue weighted by Crippen LogP contribution is -2.47. The van der Waals surface area contributed by atoms with E-state index in [4.69, 9.17) is 9.47 Å². The molecule has 1 N–H and O–H groups in total. The summed E-state index contributed by atoms with van der Waals surface area (Å²) in [7, 11) is 0. The molecule has 6 nitrogen and oxygen atoms in total. The predicted octanol–water partition coefficient (Wildman–Crippen LogP) is 2.89. The number of likely N-dealkylation sites (tertiary alicyclic amines) is 1. The number of hydrogen-bond donors (Lipinski definition) is 1. The zero-order chi connectivity index (χ0) is 19.8. The number of carbonyl (C=O) groups excluding carboxylic acids is 2. The van der Waals surface area contributed by atoms with Gasteiger partial charge in [0.2, 0.25) is 0 Å². The van der Waals surface area contributed by atoms with Gasteiger partial charge in [0.25, 0.3) is 11.8 Å². The quantitative estimate of drug-likeness (QED) is 0.800. The van der Waals surface area contributed by atoms with Crippen LogP contribution < -0.4 is 14.8 Å². The molecule has 1 fully saturated rings. The van der Waals surface area contributed by atoms with E-state index >= 15 is 0 Å². The van der Waals surface area contributed by atoms with Crippen LogP contribution in [0.2, 0.25) is 0 Å². The Kier molecular flexibility index (Phi) is 6.89. The first-order valence-electron chi connectivity index (χ1n) is 9.65. The van der Waals surface area contributed by atoms with E-state index in [2.05, 4.69) is 5.32 Å². The maximum absolute atomic E-state index is 12.5. The second-order valence-electron chi connectivity index (χ2n) is 6.66. The number of piperidine rings is 1. The Morgan fingerprint density at radius 3 is 2.21 bits per heavy atom.